The number of piperidine rings is 1. The highest BCUT2D eigenvalue weighted by molar-refractivity contribution is 7.90. The van der Waals surface area contributed by atoms with Crippen molar-refractivity contribution in [3.63, 3.8) is 0 Å². The highest BCUT2D eigenvalue weighted by Gasteiger charge is 2.24. The third-order valence-electron chi connectivity index (χ3n) is 4.83. The molecule has 1 aliphatic heterocycles. The molecule has 0 aromatic heterocycles. The normalized spacial score (nSPS) is 20.6. The van der Waals surface area contributed by atoms with Crippen molar-refractivity contribution in [3.05, 3.63) is 24.3 Å². The van der Waals surface area contributed by atoms with Gasteiger partial charge in [-0.25, -0.2) is 8.42 Å². The van der Waals surface area contributed by atoms with E-state index in [1.54, 1.807) is 31.4 Å². The lowest BCUT2D eigenvalue weighted by molar-refractivity contribution is 0.0167. The molecule has 0 N–H and O–H groups in total. The molecule has 0 radical (unpaired) electrons. The molecular formula is C19H31NO4S. The second kappa shape index (κ2) is 9.01. The van der Waals surface area contributed by atoms with Gasteiger partial charge in [-0.3, -0.25) is 0 Å². The lowest BCUT2D eigenvalue weighted by Crippen LogP contribution is -2.43. The fourth-order valence-electron chi connectivity index (χ4n) is 3.26. The summed E-state index contributed by atoms with van der Waals surface area (Å²) in [6.07, 6.45) is 3.82. The van der Waals surface area contributed by atoms with Crippen LogP contribution in [0.15, 0.2) is 29.2 Å². The Hall–Kier alpha value is -1.11. The first kappa shape index (κ1) is 20.2. The van der Waals surface area contributed by atoms with Gasteiger partial charge in [-0.1, -0.05) is 13.8 Å². The average Bonchev–Trinajstić information content (AvgIpc) is 2.57. The van der Waals surface area contributed by atoms with Crippen LogP contribution in [0.2, 0.25) is 0 Å². The summed E-state index contributed by atoms with van der Waals surface area (Å²) < 4.78 is 34.5. The minimum atomic E-state index is -3.16. The molecule has 2 unspecified atom stereocenters. The van der Waals surface area contributed by atoms with Crippen molar-refractivity contribution in [2.24, 2.45) is 11.8 Å². The monoisotopic (exact) mass is 369 g/mol. The largest absolute Gasteiger partial charge is 0.493 e. The van der Waals surface area contributed by atoms with E-state index in [2.05, 4.69) is 18.7 Å². The van der Waals surface area contributed by atoms with E-state index in [0.29, 0.717) is 23.3 Å². The van der Waals surface area contributed by atoms with Crippen molar-refractivity contribution in [1.82, 2.24) is 4.90 Å². The predicted molar refractivity (Wildman–Crippen MR) is 99.8 cm³/mol. The second-order valence-electron chi connectivity index (χ2n) is 7.34. The molecule has 0 spiro atoms. The van der Waals surface area contributed by atoms with Crippen molar-refractivity contribution in [3.8, 4) is 5.75 Å². The van der Waals surface area contributed by atoms with E-state index in [9.17, 15) is 8.42 Å². The summed E-state index contributed by atoms with van der Waals surface area (Å²) in [5.74, 6) is 1.73. The first-order chi connectivity index (χ1) is 11.8. The van der Waals surface area contributed by atoms with Gasteiger partial charge in [-0.05, 0) is 49.6 Å². The van der Waals surface area contributed by atoms with E-state index >= 15 is 0 Å². The molecule has 5 nitrogen and oxygen atoms in total. The standard InChI is InChI=1S/C19H31NO4S/c1-15(2)19(23-3)13-20-11-5-6-16(12-20)14-24-17-7-9-18(10-8-17)25(4,21)22/h7-10,15-16,19H,5-6,11-14H2,1-4H3. The topological polar surface area (TPSA) is 55.8 Å². The molecule has 1 aromatic rings. The zero-order valence-electron chi connectivity index (χ0n) is 15.8. The molecule has 0 aliphatic carbocycles. The van der Waals surface area contributed by atoms with Gasteiger partial charge in [-0.15, -0.1) is 0 Å². The quantitative estimate of drug-likeness (QED) is 0.705. The lowest BCUT2D eigenvalue weighted by Gasteiger charge is -2.35. The third kappa shape index (κ3) is 6.28. The molecule has 0 saturated carbocycles. The van der Waals surface area contributed by atoms with E-state index in [1.807, 2.05) is 0 Å². The predicted octanol–water partition coefficient (Wildman–Crippen LogP) is 2.85. The number of nitrogens with zero attached hydrogens (tertiary/aromatic N) is 1. The zero-order chi connectivity index (χ0) is 18.4. The average molecular weight is 370 g/mol. The number of sulfone groups is 1. The Morgan fingerprint density at radius 3 is 2.48 bits per heavy atom. The van der Waals surface area contributed by atoms with Gasteiger partial charge >= 0.3 is 0 Å². The summed E-state index contributed by atoms with van der Waals surface area (Å²) in [7, 11) is -1.37. The highest BCUT2D eigenvalue weighted by atomic mass is 32.2. The molecule has 1 aromatic carbocycles. The Labute approximate surface area is 152 Å². The Balaban J connectivity index is 1.84. The molecule has 142 valence electrons. The molecule has 0 amide bonds. The molecule has 2 rings (SSSR count). The number of rotatable bonds is 8. The Morgan fingerprint density at radius 2 is 1.92 bits per heavy atom. The smallest absolute Gasteiger partial charge is 0.175 e. The maximum absolute atomic E-state index is 11.5. The molecule has 1 heterocycles. The Kier molecular flexibility index (Phi) is 7.28. The first-order valence-electron chi connectivity index (χ1n) is 8.97. The zero-order valence-corrected chi connectivity index (χ0v) is 16.6. The number of methoxy groups -OCH3 is 1. The van der Waals surface area contributed by atoms with Gasteiger partial charge in [0.2, 0.25) is 0 Å². The van der Waals surface area contributed by atoms with E-state index < -0.39 is 9.84 Å². The summed E-state index contributed by atoms with van der Waals surface area (Å²) in [6, 6.07) is 6.67. The minimum Gasteiger partial charge on any atom is -0.493 e. The van der Waals surface area contributed by atoms with Crippen LogP contribution >= 0.6 is 0 Å². The number of hydrogen-bond donors (Lipinski definition) is 0. The molecule has 1 aliphatic rings. The van der Waals surface area contributed by atoms with Crippen LogP contribution in [0, 0.1) is 11.8 Å². The van der Waals surface area contributed by atoms with Crippen molar-refractivity contribution < 1.29 is 17.9 Å². The van der Waals surface area contributed by atoms with E-state index in [-0.39, 0.29) is 6.10 Å². The van der Waals surface area contributed by atoms with Crippen LogP contribution in [0.5, 0.6) is 5.75 Å². The van der Waals surface area contributed by atoms with Gasteiger partial charge < -0.3 is 14.4 Å². The van der Waals surface area contributed by atoms with Crippen LogP contribution in [-0.2, 0) is 14.6 Å². The molecule has 25 heavy (non-hydrogen) atoms. The van der Waals surface area contributed by atoms with E-state index in [4.69, 9.17) is 9.47 Å². The minimum absolute atomic E-state index is 0.267. The van der Waals surface area contributed by atoms with Crippen LogP contribution in [0.3, 0.4) is 0 Å². The fraction of sp³-hybridized carbons (Fsp3) is 0.684. The van der Waals surface area contributed by atoms with Gasteiger partial charge in [0.1, 0.15) is 5.75 Å². The van der Waals surface area contributed by atoms with Gasteiger partial charge in [-0.2, -0.15) is 0 Å². The number of hydrogen-bond acceptors (Lipinski definition) is 5. The van der Waals surface area contributed by atoms with Gasteiger partial charge in [0, 0.05) is 32.4 Å². The van der Waals surface area contributed by atoms with Gasteiger partial charge in [0.15, 0.2) is 9.84 Å². The Morgan fingerprint density at radius 1 is 1.24 bits per heavy atom. The maximum atomic E-state index is 11.5. The SMILES string of the molecule is COC(CN1CCCC(COc2ccc(S(C)(=O)=O)cc2)C1)C(C)C. The molecular weight excluding hydrogens is 338 g/mol. The molecule has 6 heteroatoms. The third-order valence-corrected chi connectivity index (χ3v) is 5.95. The van der Waals surface area contributed by atoms with E-state index in [0.717, 1.165) is 31.8 Å². The number of likely N-dealkylation sites (tertiary alicyclic amines) is 1. The number of ether oxygens (including phenoxy) is 2. The van der Waals surface area contributed by atoms with Crippen LogP contribution in [0.1, 0.15) is 26.7 Å². The van der Waals surface area contributed by atoms with Crippen LogP contribution < -0.4 is 4.74 Å². The highest BCUT2D eigenvalue weighted by Crippen LogP contribution is 2.21. The summed E-state index contributed by atoms with van der Waals surface area (Å²) in [4.78, 5) is 2.79. The van der Waals surface area contributed by atoms with Crippen LogP contribution in [0.25, 0.3) is 0 Å². The summed E-state index contributed by atoms with van der Waals surface area (Å²) >= 11 is 0. The van der Waals surface area contributed by atoms with E-state index in [1.165, 1.54) is 12.7 Å². The van der Waals surface area contributed by atoms with Crippen molar-refractivity contribution in [1.29, 1.82) is 0 Å². The van der Waals surface area contributed by atoms with Gasteiger partial charge in [0.05, 0.1) is 17.6 Å². The molecule has 2 atom stereocenters. The summed E-state index contributed by atoms with van der Waals surface area (Å²) in [5.41, 5.74) is 0. The Bertz CT molecular complexity index is 627. The molecule has 1 fully saturated rings. The van der Waals surface area contributed by atoms with Crippen molar-refractivity contribution in [2.45, 2.75) is 37.7 Å². The summed E-state index contributed by atoms with van der Waals surface area (Å²) in [5, 5.41) is 0. The number of benzene rings is 1. The van der Waals surface area contributed by atoms with Crippen molar-refractivity contribution in [2.75, 3.05) is 39.6 Å². The fourth-order valence-corrected chi connectivity index (χ4v) is 3.89. The van der Waals surface area contributed by atoms with Gasteiger partial charge in [0.25, 0.3) is 0 Å². The first-order valence-corrected chi connectivity index (χ1v) is 10.9. The molecule has 0 bridgehead atoms. The summed E-state index contributed by atoms with van der Waals surface area (Å²) in [6.45, 7) is 8.15. The maximum Gasteiger partial charge on any atom is 0.175 e. The van der Waals surface area contributed by atoms with Crippen molar-refractivity contribution >= 4 is 9.84 Å². The second-order valence-corrected chi connectivity index (χ2v) is 9.36. The molecule has 1 saturated heterocycles. The van der Waals surface area contributed by atoms with Crippen LogP contribution in [-0.4, -0.2) is 59.0 Å². The van der Waals surface area contributed by atoms with Crippen LogP contribution in [0.4, 0.5) is 0 Å². The lowest BCUT2D eigenvalue weighted by atomic mass is 9.97.